The molecule has 0 unspecified atom stereocenters. The van der Waals surface area contributed by atoms with Gasteiger partial charge in [-0.05, 0) is 13.0 Å². The second kappa shape index (κ2) is 3.72. The van der Waals surface area contributed by atoms with Crippen molar-refractivity contribution in [3.63, 3.8) is 0 Å². The SMILES string of the molecule is Cc1c(Br)ccc(CC=O)c1O. The minimum Gasteiger partial charge on any atom is -0.507 e. The summed E-state index contributed by atoms with van der Waals surface area (Å²) in [7, 11) is 0. The fourth-order valence-corrected chi connectivity index (χ4v) is 1.31. The number of rotatable bonds is 2. The number of hydrogen-bond acceptors (Lipinski definition) is 2. The number of carbonyl (C=O) groups excluding carboxylic acids is 1. The number of hydrogen-bond donors (Lipinski definition) is 1. The van der Waals surface area contributed by atoms with Crippen LogP contribution in [0.5, 0.6) is 5.75 Å². The Hall–Kier alpha value is -0.830. The maximum Gasteiger partial charge on any atom is 0.124 e. The molecule has 1 aromatic carbocycles. The Morgan fingerprint density at radius 3 is 2.83 bits per heavy atom. The molecule has 0 aromatic heterocycles. The molecule has 12 heavy (non-hydrogen) atoms. The van der Waals surface area contributed by atoms with Crippen LogP contribution >= 0.6 is 15.9 Å². The maximum atomic E-state index is 10.2. The first-order chi connectivity index (χ1) is 5.66. The fourth-order valence-electron chi connectivity index (χ4n) is 0.986. The van der Waals surface area contributed by atoms with Crippen LogP contribution in [0.25, 0.3) is 0 Å². The summed E-state index contributed by atoms with van der Waals surface area (Å²) < 4.78 is 0.856. The van der Waals surface area contributed by atoms with Crippen LogP contribution in [0.3, 0.4) is 0 Å². The number of aromatic hydroxyl groups is 1. The lowest BCUT2D eigenvalue weighted by Gasteiger charge is -2.05. The number of benzene rings is 1. The summed E-state index contributed by atoms with van der Waals surface area (Å²) in [6.45, 7) is 1.80. The molecule has 0 aliphatic carbocycles. The fraction of sp³-hybridized carbons (Fsp3) is 0.222. The lowest BCUT2D eigenvalue weighted by atomic mass is 10.1. The van der Waals surface area contributed by atoms with Gasteiger partial charge in [0.25, 0.3) is 0 Å². The maximum absolute atomic E-state index is 10.2. The van der Waals surface area contributed by atoms with Gasteiger partial charge in [0.1, 0.15) is 12.0 Å². The monoisotopic (exact) mass is 228 g/mol. The molecule has 0 fully saturated rings. The van der Waals surface area contributed by atoms with E-state index >= 15 is 0 Å². The highest BCUT2D eigenvalue weighted by Crippen LogP contribution is 2.28. The van der Waals surface area contributed by atoms with E-state index in [-0.39, 0.29) is 12.2 Å². The van der Waals surface area contributed by atoms with E-state index in [4.69, 9.17) is 0 Å². The largest absolute Gasteiger partial charge is 0.507 e. The normalized spacial score (nSPS) is 9.83. The molecular formula is C9H9BrO2. The Balaban J connectivity index is 3.16. The van der Waals surface area contributed by atoms with Crippen molar-refractivity contribution in [2.24, 2.45) is 0 Å². The van der Waals surface area contributed by atoms with Crippen LogP contribution in [-0.2, 0) is 11.2 Å². The van der Waals surface area contributed by atoms with Crippen LogP contribution in [0.1, 0.15) is 11.1 Å². The Morgan fingerprint density at radius 1 is 1.58 bits per heavy atom. The highest BCUT2D eigenvalue weighted by atomic mass is 79.9. The molecule has 0 radical (unpaired) electrons. The van der Waals surface area contributed by atoms with Crippen molar-refractivity contribution in [2.75, 3.05) is 0 Å². The van der Waals surface area contributed by atoms with Gasteiger partial charge in [-0.15, -0.1) is 0 Å². The summed E-state index contributed by atoms with van der Waals surface area (Å²) in [4.78, 5) is 10.2. The smallest absolute Gasteiger partial charge is 0.124 e. The number of aldehydes is 1. The van der Waals surface area contributed by atoms with E-state index < -0.39 is 0 Å². The van der Waals surface area contributed by atoms with E-state index in [9.17, 15) is 9.90 Å². The van der Waals surface area contributed by atoms with Crippen molar-refractivity contribution in [3.05, 3.63) is 27.7 Å². The molecule has 64 valence electrons. The first-order valence-corrected chi connectivity index (χ1v) is 4.36. The summed E-state index contributed by atoms with van der Waals surface area (Å²) in [5.74, 6) is 0.205. The third kappa shape index (κ3) is 1.67. The molecule has 0 atom stereocenters. The molecule has 0 aliphatic heterocycles. The van der Waals surface area contributed by atoms with Crippen LogP contribution in [-0.4, -0.2) is 11.4 Å². The predicted molar refractivity (Wildman–Crippen MR) is 50.3 cm³/mol. The van der Waals surface area contributed by atoms with E-state index in [0.29, 0.717) is 5.56 Å². The van der Waals surface area contributed by atoms with Gasteiger partial charge in [0, 0.05) is 22.0 Å². The summed E-state index contributed by atoms with van der Waals surface area (Å²) in [6, 6.07) is 3.56. The number of halogens is 1. The van der Waals surface area contributed by atoms with Crippen LogP contribution in [0.4, 0.5) is 0 Å². The van der Waals surface area contributed by atoms with Gasteiger partial charge in [-0.2, -0.15) is 0 Å². The first-order valence-electron chi connectivity index (χ1n) is 3.57. The summed E-state index contributed by atoms with van der Waals surface area (Å²) >= 11 is 3.28. The van der Waals surface area contributed by atoms with Crippen molar-refractivity contribution in [2.45, 2.75) is 13.3 Å². The van der Waals surface area contributed by atoms with Crippen LogP contribution < -0.4 is 0 Å². The minimum atomic E-state index is 0.205. The quantitative estimate of drug-likeness (QED) is 0.789. The Bertz CT molecular complexity index is 308. The van der Waals surface area contributed by atoms with E-state index in [2.05, 4.69) is 15.9 Å². The Kier molecular flexibility index (Phi) is 2.87. The molecule has 0 bridgehead atoms. The molecule has 1 aromatic rings. The van der Waals surface area contributed by atoms with Gasteiger partial charge in [0.2, 0.25) is 0 Å². The summed E-state index contributed by atoms with van der Waals surface area (Å²) in [5, 5.41) is 9.52. The van der Waals surface area contributed by atoms with Gasteiger partial charge in [-0.1, -0.05) is 22.0 Å². The van der Waals surface area contributed by atoms with Crippen LogP contribution in [0, 0.1) is 6.92 Å². The van der Waals surface area contributed by atoms with Gasteiger partial charge in [0.15, 0.2) is 0 Å². The second-order valence-electron chi connectivity index (χ2n) is 2.55. The van der Waals surface area contributed by atoms with Crippen LogP contribution in [0.2, 0.25) is 0 Å². The molecule has 0 amide bonds. The number of phenolic OH excluding ortho intramolecular Hbond substituents is 1. The van der Waals surface area contributed by atoms with E-state index in [1.807, 2.05) is 6.07 Å². The molecule has 2 nitrogen and oxygen atoms in total. The Labute approximate surface area is 79.3 Å². The van der Waals surface area contributed by atoms with Crippen LogP contribution in [0.15, 0.2) is 16.6 Å². The third-order valence-electron chi connectivity index (χ3n) is 1.75. The first kappa shape index (κ1) is 9.26. The van der Waals surface area contributed by atoms with Gasteiger partial charge in [0.05, 0.1) is 0 Å². The average Bonchev–Trinajstić information content (AvgIpc) is 2.07. The predicted octanol–water partition coefficient (Wildman–Crippen LogP) is 2.20. The van der Waals surface area contributed by atoms with E-state index in [1.165, 1.54) is 0 Å². The standard InChI is InChI=1S/C9H9BrO2/c1-6-8(10)3-2-7(4-5-11)9(6)12/h2-3,5,12H,4H2,1H3. The zero-order chi connectivity index (χ0) is 9.14. The average molecular weight is 229 g/mol. The van der Waals surface area contributed by atoms with Crippen molar-refractivity contribution in [1.29, 1.82) is 0 Å². The van der Waals surface area contributed by atoms with Crippen molar-refractivity contribution < 1.29 is 9.90 Å². The van der Waals surface area contributed by atoms with Gasteiger partial charge in [-0.3, -0.25) is 0 Å². The zero-order valence-corrected chi connectivity index (χ0v) is 8.26. The summed E-state index contributed by atoms with van der Waals surface area (Å²) in [5.41, 5.74) is 1.44. The molecule has 1 N–H and O–H groups in total. The molecule has 0 heterocycles. The topological polar surface area (TPSA) is 37.3 Å². The minimum absolute atomic E-state index is 0.205. The number of phenols is 1. The summed E-state index contributed by atoms with van der Waals surface area (Å²) in [6.07, 6.45) is 1.04. The lowest BCUT2D eigenvalue weighted by molar-refractivity contribution is -0.107. The van der Waals surface area contributed by atoms with Crippen molar-refractivity contribution >= 4 is 22.2 Å². The molecule has 0 spiro atoms. The van der Waals surface area contributed by atoms with E-state index in [0.717, 1.165) is 16.3 Å². The lowest BCUT2D eigenvalue weighted by Crippen LogP contribution is -1.89. The molecule has 0 saturated carbocycles. The number of carbonyl (C=O) groups is 1. The second-order valence-corrected chi connectivity index (χ2v) is 3.41. The Morgan fingerprint density at radius 2 is 2.25 bits per heavy atom. The molecule has 0 saturated heterocycles. The third-order valence-corrected chi connectivity index (χ3v) is 2.61. The molecule has 1 rings (SSSR count). The van der Waals surface area contributed by atoms with Gasteiger partial charge >= 0.3 is 0 Å². The van der Waals surface area contributed by atoms with Crippen molar-refractivity contribution in [1.82, 2.24) is 0 Å². The van der Waals surface area contributed by atoms with Gasteiger partial charge in [-0.25, -0.2) is 0 Å². The van der Waals surface area contributed by atoms with Crippen molar-refractivity contribution in [3.8, 4) is 5.75 Å². The molecule has 3 heteroatoms. The van der Waals surface area contributed by atoms with E-state index in [1.54, 1.807) is 13.0 Å². The van der Waals surface area contributed by atoms with Gasteiger partial charge < -0.3 is 9.90 Å². The highest BCUT2D eigenvalue weighted by molar-refractivity contribution is 9.10. The molecular weight excluding hydrogens is 220 g/mol. The highest BCUT2D eigenvalue weighted by Gasteiger charge is 2.05. The molecule has 0 aliphatic rings. The zero-order valence-electron chi connectivity index (χ0n) is 6.67.